The molecule has 146 valence electrons. The summed E-state index contributed by atoms with van der Waals surface area (Å²) in [6.45, 7) is 14.4. The van der Waals surface area contributed by atoms with Gasteiger partial charge in [-0.05, 0) is 42.8 Å². The van der Waals surface area contributed by atoms with Gasteiger partial charge < -0.3 is 0 Å². The Hall–Kier alpha value is -0.876. The van der Waals surface area contributed by atoms with Crippen molar-refractivity contribution in [3.63, 3.8) is 0 Å². The average molecular weight is 417 g/mol. The van der Waals surface area contributed by atoms with E-state index in [1.807, 2.05) is 30.3 Å². The van der Waals surface area contributed by atoms with Crippen LogP contribution in [0.15, 0.2) is 78.2 Å². The third-order valence-electron chi connectivity index (χ3n) is 4.40. The Kier molecular flexibility index (Phi) is 14.6. The molecule has 0 amide bonds. The van der Waals surface area contributed by atoms with E-state index in [0.29, 0.717) is 0 Å². The smallest absolute Gasteiger partial charge is 0.0425 e. The van der Waals surface area contributed by atoms with Gasteiger partial charge in [-0.3, -0.25) is 4.74 Å². The SMILES string of the molecule is C=CC(=C)c1ccccc1.CCCP(CCC)(CCC)=NC1=CC=CC1.[Ti]. The Labute approximate surface area is 182 Å². The first-order chi connectivity index (χ1) is 12.6. The predicted octanol–water partition coefficient (Wildman–Crippen LogP) is 8.14. The van der Waals surface area contributed by atoms with Crippen LogP contribution in [0.25, 0.3) is 5.57 Å². The number of allylic oxidation sites excluding steroid dienone is 5. The monoisotopic (exact) mass is 417 g/mol. The molecule has 0 saturated heterocycles. The molecule has 1 aromatic carbocycles. The van der Waals surface area contributed by atoms with E-state index < -0.39 is 7.05 Å². The Morgan fingerprint density at radius 2 is 1.59 bits per heavy atom. The topological polar surface area (TPSA) is 12.4 Å². The van der Waals surface area contributed by atoms with Gasteiger partial charge in [-0.15, -0.1) is 0 Å². The molecule has 3 heteroatoms. The van der Waals surface area contributed by atoms with E-state index in [1.165, 1.54) is 43.4 Å². The van der Waals surface area contributed by atoms with Crippen LogP contribution < -0.4 is 0 Å². The van der Waals surface area contributed by atoms with Crippen LogP contribution in [0.1, 0.15) is 52.0 Å². The van der Waals surface area contributed by atoms with E-state index in [4.69, 9.17) is 4.74 Å². The summed E-state index contributed by atoms with van der Waals surface area (Å²) in [5.74, 6) is 0. The molecule has 1 nitrogen and oxygen atoms in total. The van der Waals surface area contributed by atoms with Gasteiger partial charge >= 0.3 is 0 Å². The quantitative estimate of drug-likeness (QED) is 0.218. The fourth-order valence-electron chi connectivity index (χ4n) is 3.29. The van der Waals surface area contributed by atoms with Gasteiger partial charge in [0.2, 0.25) is 0 Å². The molecule has 0 atom stereocenters. The molecule has 0 radical (unpaired) electrons. The van der Waals surface area contributed by atoms with Crippen LogP contribution in [0.4, 0.5) is 0 Å². The van der Waals surface area contributed by atoms with Crippen LogP contribution in [0.3, 0.4) is 0 Å². The van der Waals surface area contributed by atoms with E-state index in [2.05, 4.69) is 52.2 Å². The Morgan fingerprint density at radius 1 is 1.04 bits per heavy atom. The molecule has 1 aliphatic carbocycles. The third kappa shape index (κ3) is 9.75. The second-order valence-corrected chi connectivity index (χ2v) is 10.5. The maximum Gasteiger partial charge on any atom is 0.0425 e. The van der Waals surface area contributed by atoms with E-state index in [-0.39, 0.29) is 21.7 Å². The summed E-state index contributed by atoms with van der Waals surface area (Å²) in [6.07, 6.45) is 17.3. The first-order valence-electron chi connectivity index (χ1n) is 9.92. The minimum Gasteiger partial charge on any atom is -0.272 e. The third-order valence-corrected chi connectivity index (χ3v) is 8.92. The van der Waals surface area contributed by atoms with E-state index >= 15 is 0 Å². The molecule has 0 aromatic heterocycles. The molecule has 0 fully saturated rings. The van der Waals surface area contributed by atoms with E-state index in [9.17, 15) is 0 Å². The fourth-order valence-corrected chi connectivity index (χ4v) is 7.45. The van der Waals surface area contributed by atoms with Crippen LogP contribution >= 0.6 is 7.05 Å². The molecule has 27 heavy (non-hydrogen) atoms. The summed E-state index contributed by atoms with van der Waals surface area (Å²) in [5, 5.41) is 0. The van der Waals surface area contributed by atoms with Gasteiger partial charge in [0.1, 0.15) is 0 Å². The minimum absolute atomic E-state index is 0. The molecule has 0 bridgehead atoms. The van der Waals surface area contributed by atoms with Crippen molar-refractivity contribution in [2.24, 2.45) is 4.74 Å². The molecule has 0 unspecified atom stereocenters. The standard InChI is InChI=1S/C14H26NP.C10H10.Ti/c1-4-11-16(12-5-2,13-6-3)15-14-9-7-8-10-14;1-3-9(2)10-7-5-4-6-8-10;/h7-9H,4-6,10-13H2,1-3H3;3-8H,1-2H2;. The summed E-state index contributed by atoms with van der Waals surface area (Å²) in [5.41, 5.74) is 3.45. The summed E-state index contributed by atoms with van der Waals surface area (Å²) in [7, 11) is -1.03. The molecule has 1 aromatic rings. The van der Waals surface area contributed by atoms with Crippen molar-refractivity contribution in [2.75, 3.05) is 18.5 Å². The van der Waals surface area contributed by atoms with Gasteiger partial charge in [0.25, 0.3) is 0 Å². The fraction of sp³-hybridized carbons (Fsp3) is 0.417. The maximum atomic E-state index is 5.19. The van der Waals surface area contributed by atoms with Gasteiger partial charge in [0.05, 0.1) is 0 Å². The van der Waals surface area contributed by atoms with Crippen LogP contribution in [0.5, 0.6) is 0 Å². The Morgan fingerprint density at radius 3 is 2.00 bits per heavy atom. The number of nitrogens with zero attached hydrogens (tertiary/aromatic N) is 1. The summed E-state index contributed by atoms with van der Waals surface area (Å²) in [6, 6.07) is 10.0. The van der Waals surface area contributed by atoms with Crippen molar-refractivity contribution in [2.45, 2.75) is 46.5 Å². The molecule has 0 aliphatic heterocycles. The maximum absolute atomic E-state index is 5.19. The van der Waals surface area contributed by atoms with Crippen LogP contribution in [-0.4, -0.2) is 18.5 Å². The van der Waals surface area contributed by atoms with Crippen LogP contribution in [0, 0.1) is 0 Å². The predicted molar refractivity (Wildman–Crippen MR) is 122 cm³/mol. The molecular weight excluding hydrogens is 381 g/mol. The van der Waals surface area contributed by atoms with E-state index in [0.717, 1.165) is 17.6 Å². The Bertz CT molecular complexity index is 647. The summed E-state index contributed by atoms with van der Waals surface area (Å²) >= 11 is 0. The average Bonchev–Trinajstić information content (AvgIpc) is 3.16. The van der Waals surface area contributed by atoms with Gasteiger partial charge in [0, 0.05) is 33.8 Å². The molecule has 0 saturated carbocycles. The molecule has 0 N–H and O–H groups in total. The van der Waals surface area contributed by atoms with Crippen LogP contribution in [0.2, 0.25) is 0 Å². The largest absolute Gasteiger partial charge is 0.272 e. The molecular formula is C24H36NPTi. The van der Waals surface area contributed by atoms with Gasteiger partial charge in [-0.25, -0.2) is 0 Å². The summed E-state index contributed by atoms with van der Waals surface area (Å²) < 4.78 is 5.19. The van der Waals surface area contributed by atoms with Crippen molar-refractivity contribution in [3.05, 3.63) is 79.1 Å². The number of hydrogen-bond acceptors (Lipinski definition) is 1. The zero-order chi connectivity index (χ0) is 19.3. The summed E-state index contributed by atoms with van der Waals surface area (Å²) in [4.78, 5) is 0. The van der Waals surface area contributed by atoms with Crippen molar-refractivity contribution in [1.82, 2.24) is 0 Å². The molecule has 0 heterocycles. The van der Waals surface area contributed by atoms with Crippen molar-refractivity contribution in [1.29, 1.82) is 0 Å². The van der Waals surface area contributed by atoms with Crippen molar-refractivity contribution in [3.8, 4) is 0 Å². The number of benzene rings is 1. The Balaban J connectivity index is 0.000000531. The van der Waals surface area contributed by atoms with Gasteiger partial charge in [0.15, 0.2) is 0 Å². The van der Waals surface area contributed by atoms with Crippen molar-refractivity contribution >= 4 is 12.6 Å². The number of hydrogen-bond donors (Lipinski definition) is 0. The van der Waals surface area contributed by atoms with Crippen molar-refractivity contribution < 1.29 is 21.7 Å². The van der Waals surface area contributed by atoms with Crippen LogP contribution in [-0.2, 0) is 21.7 Å². The second kappa shape index (κ2) is 15.1. The first kappa shape index (κ1) is 26.1. The zero-order valence-electron chi connectivity index (χ0n) is 17.5. The van der Waals surface area contributed by atoms with Gasteiger partial charge in [-0.2, -0.15) is 0 Å². The minimum atomic E-state index is -1.03. The first-order valence-corrected chi connectivity index (χ1v) is 12.2. The van der Waals surface area contributed by atoms with Gasteiger partial charge in [-0.1, -0.05) is 102 Å². The van der Waals surface area contributed by atoms with E-state index in [1.54, 1.807) is 6.08 Å². The molecule has 2 rings (SSSR count). The zero-order valence-corrected chi connectivity index (χ0v) is 19.9. The molecule has 1 aliphatic rings. The second-order valence-electron chi connectivity index (χ2n) is 6.75. The normalized spacial score (nSPS) is 12.3. The molecule has 0 spiro atoms. The number of rotatable bonds is 9.